The van der Waals surface area contributed by atoms with E-state index < -0.39 is 35.8 Å². The number of hydrogen-bond acceptors (Lipinski definition) is 3. The summed E-state index contributed by atoms with van der Waals surface area (Å²) in [5.74, 6) is -1.98. The van der Waals surface area contributed by atoms with Crippen molar-refractivity contribution in [3.8, 4) is 0 Å². The van der Waals surface area contributed by atoms with Crippen LogP contribution in [0.1, 0.15) is 25.7 Å². The number of carbonyl (C=O) groups excluding carboxylic acids is 1. The van der Waals surface area contributed by atoms with Gasteiger partial charge < -0.3 is 10.0 Å². The monoisotopic (exact) mass is 285 g/mol. The maximum Gasteiger partial charge on any atom is 0.400 e. The lowest BCUT2D eigenvalue weighted by Gasteiger charge is -2.33. The maximum absolute atomic E-state index is 12.3. The number of hydrogen-bond donors (Lipinski definition) is 2. The molecule has 0 spiro atoms. The number of nitrogens with zero attached hydrogens (tertiary/aromatic N) is 1. The van der Waals surface area contributed by atoms with E-state index in [9.17, 15) is 22.8 Å². The Morgan fingerprint density at radius 2 is 2.00 bits per heavy atom. The van der Waals surface area contributed by atoms with E-state index in [2.05, 4.69) is 12.6 Å². The normalized spacial score (nSPS) is 22.7. The van der Waals surface area contributed by atoms with Crippen LogP contribution in [-0.4, -0.2) is 45.9 Å². The third-order valence-electron chi connectivity index (χ3n) is 2.85. The molecule has 1 aliphatic heterocycles. The molecule has 1 aliphatic rings. The highest BCUT2D eigenvalue weighted by Crippen LogP contribution is 2.28. The Balaban J connectivity index is 2.67. The van der Waals surface area contributed by atoms with Gasteiger partial charge in [0.1, 0.15) is 11.3 Å². The molecule has 0 radical (unpaired) electrons. The molecule has 1 N–H and O–H groups in total. The Bertz CT molecular complexity index is 335. The lowest BCUT2D eigenvalue weighted by atomic mass is 10.0. The van der Waals surface area contributed by atoms with E-state index in [1.165, 1.54) is 0 Å². The molecule has 4 nitrogen and oxygen atoms in total. The number of rotatable bonds is 3. The summed E-state index contributed by atoms with van der Waals surface area (Å²) in [7, 11) is 0. The second-order valence-electron chi connectivity index (χ2n) is 4.20. The Kier molecular flexibility index (Phi) is 4.89. The smallest absolute Gasteiger partial charge is 0.400 e. The molecular formula is C10H14F3NO3S. The number of carboxylic acids is 1. The van der Waals surface area contributed by atoms with Crippen molar-refractivity contribution in [1.29, 1.82) is 0 Å². The first kappa shape index (κ1) is 15.1. The number of alkyl halides is 3. The van der Waals surface area contributed by atoms with Crippen molar-refractivity contribution >= 4 is 24.5 Å². The third kappa shape index (κ3) is 3.79. The standard InChI is InChI=1S/C10H14F3NO3S/c11-10(12,13)7(18)5-8(15)14-4-2-1-3-6(14)9(16)17/h6-7,18H,1-5H2,(H,16,17)/t6-,7?/m1/s1. The summed E-state index contributed by atoms with van der Waals surface area (Å²) in [5.41, 5.74) is 0. The predicted molar refractivity (Wildman–Crippen MR) is 60.4 cm³/mol. The highest BCUT2D eigenvalue weighted by molar-refractivity contribution is 7.81. The van der Waals surface area contributed by atoms with E-state index in [0.717, 1.165) is 4.90 Å². The SMILES string of the molecule is O=C(O)[C@H]1CCCCN1C(=O)CC(S)C(F)(F)F. The fourth-order valence-electron chi connectivity index (χ4n) is 1.89. The number of thiol groups is 1. The Hall–Kier alpha value is -0.920. The van der Waals surface area contributed by atoms with Crippen LogP contribution in [0, 0.1) is 0 Å². The zero-order valence-electron chi connectivity index (χ0n) is 9.48. The Morgan fingerprint density at radius 3 is 2.50 bits per heavy atom. The molecule has 1 fully saturated rings. The van der Waals surface area contributed by atoms with Crippen molar-refractivity contribution in [2.75, 3.05) is 6.54 Å². The van der Waals surface area contributed by atoms with Crippen molar-refractivity contribution in [2.45, 2.75) is 43.2 Å². The molecule has 0 saturated carbocycles. The van der Waals surface area contributed by atoms with Gasteiger partial charge in [-0.15, -0.1) is 0 Å². The van der Waals surface area contributed by atoms with Gasteiger partial charge in [0.25, 0.3) is 0 Å². The number of carbonyl (C=O) groups is 2. The second-order valence-corrected chi connectivity index (χ2v) is 4.82. The first-order valence-electron chi connectivity index (χ1n) is 5.50. The first-order chi connectivity index (χ1) is 8.23. The zero-order valence-corrected chi connectivity index (χ0v) is 10.4. The van der Waals surface area contributed by atoms with Crippen molar-refractivity contribution in [3.05, 3.63) is 0 Å². The maximum atomic E-state index is 12.3. The minimum absolute atomic E-state index is 0.189. The Morgan fingerprint density at radius 1 is 1.39 bits per heavy atom. The van der Waals surface area contributed by atoms with Gasteiger partial charge in [0.2, 0.25) is 5.91 Å². The van der Waals surface area contributed by atoms with E-state index in [4.69, 9.17) is 5.11 Å². The fraction of sp³-hybridized carbons (Fsp3) is 0.800. The average molecular weight is 285 g/mol. The highest BCUT2D eigenvalue weighted by Gasteiger charge is 2.40. The summed E-state index contributed by atoms with van der Waals surface area (Å²) in [5, 5.41) is 6.86. The molecule has 0 aromatic carbocycles. The van der Waals surface area contributed by atoms with Gasteiger partial charge in [-0.2, -0.15) is 25.8 Å². The van der Waals surface area contributed by atoms with Crippen molar-refractivity contribution < 1.29 is 27.9 Å². The third-order valence-corrected chi connectivity index (χ3v) is 3.33. The molecule has 8 heteroatoms. The van der Waals surface area contributed by atoms with Crippen LogP contribution < -0.4 is 0 Å². The van der Waals surface area contributed by atoms with Crippen LogP contribution in [-0.2, 0) is 9.59 Å². The van der Waals surface area contributed by atoms with Gasteiger partial charge in [-0.3, -0.25) is 4.79 Å². The molecule has 1 saturated heterocycles. The molecule has 18 heavy (non-hydrogen) atoms. The van der Waals surface area contributed by atoms with Crippen LogP contribution in [0.15, 0.2) is 0 Å². The van der Waals surface area contributed by atoms with Gasteiger partial charge in [0.05, 0.1) is 0 Å². The highest BCUT2D eigenvalue weighted by atomic mass is 32.1. The molecule has 104 valence electrons. The molecule has 0 aromatic rings. The number of amides is 1. The van der Waals surface area contributed by atoms with E-state index >= 15 is 0 Å². The minimum atomic E-state index is -4.56. The summed E-state index contributed by atoms with van der Waals surface area (Å²) >= 11 is 3.33. The first-order valence-corrected chi connectivity index (χ1v) is 6.02. The number of aliphatic carboxylic acids is 1. The van der Waals surface area contributed by atoms with Gasteiger partial charge in [0.15, 0.2) is 0 Å². The van der Waals surface area contributed by atoms with E-state index in [1.54, 1.807) is 0 Å². The van der Waals surface area contributed by atoms with Gasteiger partial charge in [-0.05, 0) is 19.3 Å². The fourth-order valence-corrected chi connectivity index (χ4v) is 2.04. The van der Waals surface area contributed by atoms with Gasteiger partial charge in [-0.25, -0.2) is 4.79 Å². The molecule has 1 amide bonds. The molecule has 1 unspecified atom stereocenters. The van der Waals surface area contributed by atoms with Gasteiger partial charge in [-0.1, -0.05) is 0 Å². The molecule has 1 heterocycles. The summed E-state index contributed by atoms with van der Waals surface area (Å²) in [6.07, 6.45) is -3.84. The van der Waals surface area contributed by atoms with Crippen LogP contribution in [0.5, 0.6) is 0 Å². The number of halogens is 3. The lowest BCUT2D eigenvalue weighted by molar-refractivity contribution is -0.156. The number of carboxylic acid groups (broad SMARTS) is 1. The van der Waals surface area contributed by atoms with Gasteiger partial charge in [0, 0.05) is 13.0 Å². The van der Waals surface area contributed by atoms with Crippen molar-refractivity contribution in [2.24, 2.45) is 0 Å². The van der Waals surface area contributed by atoms with E-state index in [0.29, 0.717) is 12.8 Å². The zero-order chi connectivity index (χ0) is 13.9. The average Bonchev–Trinajstić information content (AvgIpc) is 2.27. The minimum Gasteiger partial charge on any atom is -0.480 e. The quantitative estimate of drug-likeness (QED) is 0.776. The molecule has 0 aliphatic carbocycles. The molecule has 2 atom stereocenters. The lowest BCUT2D eigenvalue weighted by Crippen LogP contribution is -2.49. The van der Waals surface area contributed by atoms with Crippen molar-refractivity contribution in [3.63, 3.8) is 0 Å². The van der Waals surface area contributed by atoms with Crippen LogP contribution in [0.3, 0.4) is 0 Å². The van der Waals surface area contributed by atoms with Crippen LogP contribution >= 0.6 is 12.6 Å². The molecule has 0 bridgehead atoms. The number of likely N-dealkylation sites (tertiary alicyclic amines) is 1. The largest absolute Gasteiger partial charge is 0.480 e. The molecular weight excluding hydrogens is 271 g/mol. The molecule has 0 aromatic heterocycles. The summed E-state index contributed by atoms with van der Waals surface area (Å²) < 4.78 is 36.8. The van der Waals surface area contributed by atoms with Crippen LogP contribution in [0.2, 0.25) is 0 Å². The van der Waals surface area contributed by atoms with E-state index in [1.807, 2.05) is 0 Å². The van der Waals surface area contributed by atoms with Crippen molar-refractivity contribution in [1.82, 2.24) is 4.90 Å². The molecule has 1 rings (SSSR count). The second kappa shape index (κ2) is 5.81. The summed E-state index contributed by atoms with van der Waals surface area (Å²) in [6.45, 7) is 0.189. The van der Waals surface area contributed by atoms with Crippen LogP contribution in [0.4, 0.5) is 13.2 Å². The topological polar surface area (TPSA) is 57.6 Å². The number of piperidine rings is 1. The Labute approximate surface area is 108 Å². The van der Waals surface area contributed by atoms with Crippen LogP contribution in [0.25, 0.3) is 0 Å². The predicted octanol–water partition coefficient (Wildman–Crippen LogP) is 1.70. The van der Waals surface area contributed by atoms with Gasteiger partial charge >= 0.3 is 12.1 Å². The van der Waals surface area contributed by atoms with E-state index in [-0.39, 0.29) is 13.0 Å². The summed E-state index contributed by atoms with van der Waals surface area (Å²) in [6, 6.07) is -1.01. The summed E-state index contributed by atoms with van der Waals surface area (Å²) in [4.78, 5) is 23.6.